The number of halogens is 1. The number of carbonyl (C=O) groups is 1. The summed E-state index contributed by atoms with van der Waals surface area (Å²) in [6, 6.07) is 7.77. The van der Waals surface area contributed by atoms with Crippen molar-refractivity contribution in [2.24, 2.45) is 0 Å². The van der Waals surface area contributed by atoms with Crippen LogP contribution in [0.15, 0.2) is 24.3 Å². The van der Waals surface area contributed by atoms with Gasteiger partial charge in [0.05, 0.1) is 7.11 Å². The summed E-state index contributed by atoms with van der Waals surface area (Å²) < 4.78 is 5.18. The Morgan fingerprint density at radius 2 is 2.21 bits per heavy atom. The Hall–Kier alpha value is -1.03. The lowest BCUT2D eigenvalue weighted by Crippen LogP contribution is -2.19. The van der Waals surface area contributed by atoms with Crippen molar-refractivity contribution < 1.29 is 9.53 Å². The van der Waals surface area contributed by atoms with Crippen LogP contribution >= 0.6 is 15.9 Å². The maximum atomic E-state index is 10.6. The van der Waals surface area contributed by atoms with Gasteiger partial charge < -0.3 is 10.1 Å². The van der Waals surface area contributed by atoms with Crippen molar-refractivity contribution in [1.82, 2.24) is 5.32 Å². The first-order valence-electron chi connectivity index (χ1n) is 4.29. The molecule has 0 fully saturated rings. The molecule has 0 unspecified atom stereocenters. The van der Waals surface area contributed by atoms with Gasteiger partial charge in [0.2, 0.25) is 0 Å². The molecule has 0 bridgehead atoms. The summed E-state index contributed by atoms with van der Waals surface area (Å²) >= 11 is 2.80. The maximum absolute atomic E-state index is 10.6. The normalized spacial score (nSPS) is 9.57. The highest BCUT2D eigenvalue weighted by molar-refractivity contribution is 9.18. The average molecular weight is 258 g/mol. The highest BCUT2D eigenvalue weighted by Gasteiger charge is 2.01. The van der Waals surface area contributed by atoms with Gasteiger partial charge in [0, 0.05) is 22.5 Å². The third-order valence-corrected chi connectivity index (χ3v) is 2.13. The molecule has 3 nitrogen and oxygen atoms in total. The largest absolute Gasteiger partial charge is 0.496 e. The summed E-state index contributed by atoms with van der Waals surface area (Å²) in [5.41, 5.74) is 1.09. The van der Waals surface area contributed by atoms with Gasteiger partial charge in [-0.15, -0.1) is 0 Å². The Labute approximate surface area is 91.6 Å². The van der Waals surface area contributed by atoms with Crippen molar-refractivity contribution in [1.29, 1.82) is 0 Å². The molecule has 4 heteroatoms. The number of carbonyl (C=O) groups excluding carboxylic acids is 1. The first kappa shape index (κ1) is 11.0. The molecule has 0 aliphatic heterocycles. The molecular weight excluding hydrogens is 246 g/mol. The SMILES string of the molecule is COc1ccccc1CCNC(=O)Br. The van der Waals surface area contributed by atoms with Crippen LogP contribution in [0.3, 0.4) is 0 Å². The lowest BCUT2D eigenvalue weighted by atomic mass is 10.1. The Kier molecular flexibility index (Phi) is 4.46. The van der Waals surface area contributed by atoms with E-state index in [4.69, 9.17) is 4.74 Å². The van der Waals surface area contributed by atoms with Crippen LogP contribution in [-0.2, 0) is 6.42 Å². The van der Waals surface area contributed by atoms with E-state index < -0.39 is 0 Å². The van der Waals surface area contributed by atoms with Gasteiger partial charge in [-0.05, 0) is 18.1 Å². The van der Waals surface area contributed by atoms with Gasteiger partial charge in [-0.25, -0.2) is 0 Å². The quantitative estimate of drug-likeness (QED) is 0.665. The number of rotatable bonds is 4. The highest BCUT2D eigenvalue weighted by atomic mass is 79.9. The van der Waals surface area contributed by atoms with Gasteiger partial charge in [-0.1, -0.05) is 18.2 Å². The monoisotopic (exact) mass is 257 g/mol. The molecule has 0 saturated carbocycles. The summed E-state index contributed by atoms with van der Waals surface area (Å²) in [5.74, 6) is 0.858. The van der Waals surface area contributed by atoms with Crippen LogP contribution in [0.2, 0.25) is 0 Å². The predicted molar refractivity (Wildman–Crippen MR) is 59.0 cm³/mol. The fourth-order valence-electron chi connectivity index (χ4n) is 1.20. The zero-order chi connectivity index (χ0) is 10.4. The number of nitrogens with one attached hydrogen (secondary N) is 1. The molecule has 14 heavy (non-hydrogen) atoms. The molecule has 76 valence electrons. The van der Waals surface area contributed by atoms with E-state index in [1.807, 2.05) is 24.3 Å². The fraction of sp³-hybridized carbons (Fsp3) is 0.300. The molecule has 0 aromatic heterocycles. The second-order valence-electron chi connectivity index (χ2n) is 2.76. The van der Waals surface area contributed by atoms with Gasteiger partial charge >= 0.3 is 0 Å². The minimum absolute atomic E-state index is 0.188. The number of amides is 1. The van der Waals surface area contributed by atoms with Gasteiger partial charge in [-0.3, -0.25) is 4.79 Å². The van der Waals surface area contributed by atoms with Crippen molar-refractivity contribution in [2.75, 3.05) is 13.7 Å². The maximum Gasteiger partial charge on any atom is 0.287 e. The van der Waals surface area contributed by atoms with Crippen LogP contribution in [0.25, 0.3) is 0 Å². The number of hydrogen-bond acceptors (Lipinski definition) is 2. The third-order valence-electron chi connectivity index (χ3n) is 1.85. The predicted octanol–water partition coefficient (Wildman–Crippen LogP) is 2.34. The minimum Gasteiger partial charge on any atom is -0.496 e. The van der Waals surface area contributed by atoms with Gasteiger partial charge in [-0.2, -0.15) is 0 Å². The molecule has 0 spiro atoms. The minimum atomic E-state index is -0.188. The van der Waals surface area contributed by atoms with Crippen LogP contribution in [0.1, 0.15) is 5.56 Å². The van der Waals surface area contributed by atoms with E-state index in [1.165, 1.54) is 0 Å². The van der Waals surface area contributed by atoms with E-state index in [9.17, 15) is 4.79 Å². The topological polar surface area (TPSA) is 38.3 Å². The van der Waals surface area contributed by atoms with E-state index >= 15 is 0 Å². The van der Waals surface area contributed by atoms with E-state index in [1.54, 1.807) is 7.11 Å². The fourth-order valence-corrected chi connectivity index (χ4v) is 1.40. The molecule has 0 heterocycles. The van der Waals surface area contributed by atoms with E-state index in [2.05, 4.69) is 21.2 Å². The highest BCUT2D eigenvalue weighted by Crippen LogP contribution is 2.17. The van der Waals surface area contributed by atoms with Crippen molar-refractivity contribution in [2.45, 2.75) is 6.42 Å². The van der Waals surface area contributed by atoms with E-state index in [0.717, 1.165) is 17.7 Å². The van der Waals surface area contributed by atoms with Crippen LogP contribution in [0, 0.1) is 0 Å². The Morgan fingerprint density at radius 1 is 1.50 bits per heavy atom. The Balaban J connectivity index is 2.53. The first-order valence-corrected chi connectivity index (χ1v) is 5.08. The van der Waals surface area contributed by atoms with Crippen LogP contribution < -0.4 is 10.1 Å². The molecule has 1 amide bonds. The molecular formula is C10H12BrNO2. The van der Waals surface area contributed by atoms with Crippen molar-refractivity contribution >= 4 is 20.7 Å². The van der Waals surface area contributed by atoms with Crippen LogP contribution in [-0.4, -0.2) is 18.5 Å². The summed E-state index contributed by atoms with van der Waals surface area (Å²) in [6.45, 7) is 0.602. The molecule has 1 N–H and O–H groups in total. The Bertz CT molecular complexity index is 315. The third kappa shape index (κ3) is 3.38. The molecule has 0 aliphatic rings. The molecule has 0 saturated heterocycles. The molecule has 1 aromatic rings. The lowest BCUT2D eigenvalue weighted by Gasteiger charge is -2.07. The average Bonchev–Trinajstić information content (AvgIpc) is 2.18. The van der Waals surface area contributed by atoms with E-state index in [0.29, 0.717) is 6.54 Å². The molecule has 0 aliphatic carbocycles. The van der Waals surface area contributed by atoms with Gasteiger partial charge in [0.1, 0.15) is 5.75 Å². The zero-order valence-corrected chi connectivity index (χ0v) is 9.50. The summed E-state index contributed by atoms with van der Waals surface area (Å²) in [5, 5.41) is 2.67. The second kappa shape index (κ2) is 5.65. The van der Waals surface area contributed by atoms with Crippen LogP contribution in [0.5, 0.6) is 5.75 Å². The molecule has 0 atom stereocenters. The van der Waals surface area contributed by atoms with Gasteiger partial charge in [0.15, 0.2) is 0 Å². The Morgan fingerprint density at radius 3 is 2.86 bits per heavy atom. The number of hydrogen-bond donors (Lipinski definition) is 1. The van der Waals surface area contributed by atoms with Crippen LogP contribution in [0.4, 0.5) is 4.79 Å². The summed E-state index contributed by atoms with van der Waals surface area (Å²) in [4.78, 5) is 10.4. The number of ether oxygens (including phenoxy) is 1. The van der Waals surface area contributed by atoms with Crippen molar-refractivity contribution in [3.63, 3.8) is 0 Å². The zero-order valence-electron chi connectivity index (χ0n) is 7.92. The number of benzene rings is 1. The summed E-state index contributed by atoms with van der Waals surface area (Å²) in [7, 11) is 1.64. The molecule has 1 aromatic carbocycles. The first-order chi connectivity index (χ1) is 6.74. The van der Waals surface area contributed by atoms with Gasteiger partial charge in [0.25, 0.3) is 4.82 Å². The number of para-hydroxylation sites is 1. The smallest absolute Gasteiger partial charge is 0.287 e. The standard InChI is InChI=1S/C10H12BrNO2/c1-14-9-5-3-2-4-8(9)6-7-12-10(11)13/h2-5H,6-7H2,1H3,(H,12,13). The van der Waals surface area contributed by atoms with Crippen molar-refractivity contribution in [3.05, 3.63) is 29.8 Å². The summed E-state index contributed by atoms with van der Waals surface area (Å²) in [6.07, 6.45) is 0.765. The molecule has 0 radical (unpaired) electrons. The number of methoxy groups -OCH3 is 1. The van der Waals surface area contributed by atoms with E-state index in [-0.39, 0.29) is 4.82 Å². The van der Waals surface area contributed by atoms with Crippen molar-refractivity contribution in [3.8, 4) is 5.75 Å². The molecule has 1 rings (SSSR count). The lowest BCUT2D eigenvalue weighted by molar-refractivity contribution is 0.262. The second-order valence-corrected chi connectivity index (χ2v) is 3.48.